The summed E-state index contributed by atoms with van der Waals surface area (Å²) < 4.78 is 2.47. The second-order valence-electron chi connectivity index (χ2n) is 6.55. The van der Waals surface area contributed by atoms with Gasteiger partial charge in [-0.25, -0.2) is 4.98 Å². The molecule has 0 unspecified atom stereocenters. The Labute approximate surface area is 122 Å². The number of aromatic nitrogens is 2. The average molecular weight is 276 g/mol. The van der Waals surface area contributed by atoms with Crippen molar-refractivity contribution in [1.29, 1.82) is 0 Å². The number of nitrogens with two attached hydrogens (primary N) is 1. The number of rotatable bonds is 3. The molecule has 2 heterocycles. The van der Waals surface area contributed by atoms with Gasteiger partial charge >= 0.3 is 0 Å². The Balaban J connectivity index is 1.75. The van der Waals surface area contributed by atoms with Crippen LogP contribution in [-0.2, 0) is 0 Å². The van der Waals surface area contributed by atoms with Gasteiger partial charge in [0.2, 0.25) is 5.95 Å². The van der Waals surface area contributed by atoms with Gasteiger partial charge in [-0.15, -0.1) is 0 Å². The average Bonchev–Trinajstić information content (AvgIpc) is 2.90. The molecule has 0 atom stereocenters. The van der Waals surface area contributed by atoms with Gasteiger partial charge in [0.15, 0.2) is 0 Å². The van der Waals surface area contributed by atoms with Crippen LogP contribution in [0.2, 0.25) is 0 Å². The normalized spacial score (nSPS) is 22.4. The third-order valence-corrected chi connectivity index (χ3v) is 5.03. The smallest absolute Gasteiger partial charge is 0.205 e. The van der Waals surface area contributed by atoms with E-state index < -0.39 is 0 Å². The zero-order valence-corrected chi connectivity index (χ0v) is 12.7. The number of nitrogens with zero attached hydrogens (tertiary/aromatic N) is 3. The summed E-state index contributed by atoms with van der Waals surface area (Å²) in [6.45, 7) is 5.19. The van der Waals surface area contributed by atoms with Gasteiger partial charge in [0.05, 0.1) is 5.69 Å². The Kier molecular flexibility index (Phi) is 4.29. The van der Waals surface area contributed by atoms with Crippen LogP contribution in [0.25, 0.3) is 0 Å². The molecule has 1 aliphatic heterocycles. The highest BCUT2D eigenvalue weighted by atomic mass is 15.3. The highest BCUT2D eigenvalue weighted by Gasteiger charge is 2.25. The first-order valence-corrected chi connectivity index (χ1v) is 8.28. The first kappa shape index (κ1) is 13.9. The number of imidazole rings is 1. The fourth-order valence-corrected chi connectivity index (χ4v) is 3.73. The lowest BCUT2D eigenvalue weighted by Crippen LogP contribution is -2.38. The molecule has 4 heteroatoms. The lowest BCUT2D eigenvalue weighted by Gasteiger charge is -2.34. The molecule has 1 aromatic rings. The van der Waals surface area contributed by atoms with Crippen molar-refractivity contribution in [3.05, 3.63) is 11.9 Å². The monoisotopic (exact) mass is 276 g/mol. The maximum atomic E-state index is 5.80. The van der Waals surface area contributed by atoms with Gasteiger partial charge in [0.25, 0.3) is 0 Å². The molecule has 2 N–H and O–H groups in total. The molecule has 1 aromatic heterocycles. The van der Waals surface area contributed by atoms with E-state index in [4.69, 9.17) is 10.7 Å². The fraction of sp³-hybridized carbons (Fsp3) is 0.812. The van der Waals surface area contributed by atoms with Crippen molar-refractivity contribution in [3.8, 4) is 0 Å². The van der Waals surface area contributed by atoms with Crippen LogP contribution in [-0.4, -0.2) is 29.2 Å². The summed E-state index contributed by atoms with van der Waals surface area (Å²) in [5.74, 6) is 1.93. The van der Waals surface area contributed by atoms with Crippen molar-refractivity contribution in [2.75, 3.05) is 24.5 Å². The van der Waals surface area contributed by atoms with Crippen molar-refractivity contribution >= 4 is 5.95 Å². The minimum atomic E-state index is 0.673. The minimum Gasteiger partial charge on any atom is -0.342 e. The Bertz CT molecular complexity index is 426. The molecule has 0 amide bonds. The van der Waals surface area contributed by atoms with Crippen LogP contribution < -0.4 is 10.6 Å². The van der Waals surface area contributed by atoms with Gasteiger partial charge in [-0.05, 0) is 45.1 Å². The van der Waals surface area contributed by atoms with Crippen molar-refractivity contribution in [2.45, 2.75) is 57.9 Å². The van der Waals surface area contributed by atoms with Crippen LogP contribution in [0.4, 0.5) is 5.95 Å². The van der Waals surface area contributed by atoms with Crippen LogP contribution in [0.5, 0.6) is 0 Å². The van der Waals surface area contributed by atoms with Crippen LogP contribution in [0.3, 0.4) is 0 Å². The third kappa shape index (κ3) is 2.85. The molecule has 0 spiro atoms. The predicted octanol–water partition coefficient (Wildman–Crippen LogP) is 2.87. The van der Waals surface area contributed by atoms with Gasteiger partial charge in [-0.1, -0.05) is 19.3 Å². The topological polar surface area (TPSA) is 47.1 Å². The molecule has 112 valence electrons. The lowest BCUT2D eigenvalue weighted by atomic mass is 9.95. The predicted molar refractivity (Wildman–Crippen MR) is 83.1 cm³/mol. The highest BCUT2D eigenvalue weighted by molar-refractivity contribution is 5.35. The van der Waals surface area contributed by atoms with Gasteiger partial charge in [-0.3, -0.25) is 0 Å². The van der Waals surface area contributed by atoms with Crippen molar-refractivity contribution < 1.29 is 0 Å². The second-order valence-corrected chi connectivity index (χ2v) is 6.55. The molecule has 0 aromatic carbocycles. The molecule has 1 saturated carbocycles. The summed E-state index contributed by atoms with van der Waals surface area (Å²) >= 11 is 0. The van der Waals surface area contributed by atoms with Crippen molar-refractivity contribution in [3.63, 3.8) is 0 Å². The van der Waals surface area contributed by atoms with Gasteiger partial charge in [0, 0.05) is 25.3 Å². The molecule has 0 radical (unpaired) electrons. The van der Waals surface area contributed by atoms with E-state index in [9.17, 15) is 0 Å². The molecular weight excluding hydrogens is 248 g/mol. The van der Waals surface area contributed by atoms with Crippen molar-refractivity contribution in [2.24, 2.45) is 11.7 Å². The third-order valence-electron chi connectivity index (χ3n) is 5.03. The summed E-state index contributed by atoms with van der Waals surface area (Å²) in [5, 5.41) is 0. The van der Waals surface area contributed by atoms with E-state index in [1.54, 1.807) is 0 Å². The molecule has 0 bridgehead atoms. The van der Waals surface area contributed by atoms with E-state index in [0.29, 0.717) is 12.0 Å². The summed E-state index contributed by atoms with van der Waals surface area (Å²) in [6, 6.07) is 0.673. The Morgan fingerprint density at radius 1 is 1.15 bits per heavy atom. The standard InChI is InChI=1S/C16H28N4/c1-13-12-20(15-5-3-2-4-6-15)16(18-13)19-9-7-14(11-17)8-10-19/h12,14-15H,2-11,17H2,1H3. The molecule has 3 rings (SSSR count). The van der Waals surface area contributed by atoms with Crippen LogP contribution in [0.15, 0.2) is 6.20 Å². The number of piperidine rings is 1. The summed E-state index contributed by atoms with van der Waals surface area (Å²) in [4.78, 5) is 7.30. The Morgan fingerprint density at radius 3 is 2.50 bits per heavy atom. The minimum absolute atomic E-state index is 0.673. The molecule has 2 fully saturated rings. The van der Waals surface area contributed by atoms with E-state index in [0.717, 1.165) is 25.3 Å². The van der Waals surface area contributed by atoms with Crippen molar-refractivity contribution in [1.82, 2.24) is 9.55 Å². The first-order valence-electron chi connectivity index (χ1n) is 8.28. The maximum absolute atomic E-state index is 5.80. The second kappa shape index (κ2) is 6.17. The SMILES string of the molecule is Cc1cn(C2CCCCC2)c(N2CCC(CN)CC2)n1. The maximum Gasteiger partial charge on any atom is 0.205 e. The van der Waals surface area contributed by atoms with E-state index in [1.807, 2.05) is 0 Å². The van der Waals surface area contributed by atoms with Crippen LogP contribution >= 0.6 is 0 Å². The van der Waals surface area contributed by atoms with Gasteiger partial charge in [-0.2, -0.15) is 0 Å². The molecule has 1 aliphatic carbocycles. The fourth-order valence-electron chi connectivity index (χ4n) is 3.73. The number of hydrogen-bond donors (Lipinski definition) is 1. The largest absolute Gasteiger partial charge is 0.342 e. The molecule has 2 aliphatic rings. The molecular formula is C16H28N4. The molecule has 1 saturated heterocycles. The Hall–Kier alpha value is -1.03. The number of aryl methyl sites for hydroxylation is 1. The Morgan fingerprint density at radius 2 is 1.85 bits per heavy atom. The molecule has 4 nitrogen and oxygen atoms in total. The molecule has 20 heavy (non-hydrogen) atoms. The zero-order chi connectivity index (χ0) is 13.9. The highest BCUT2D eigenvalue weighted by Crippen LogP contribution is 2.33. The van der Waals surface area contributed by atoms with E-state index >= 15 is 0 Å². The van der Waals surface area contributed by atoms with Gasteiger partial charge < -0.3 is 15.2 Å². The summed E-state index contributed by atoms with van der Waals surface area (Å²) in [6.07, 6.45) is 11.5. The number of anilines is 1. The van der Waals surface area contributed by atoms with Crippen LogP contribution in [0, 0.1) is 12.8 Å². The number of hydrogen-bond acceptors (Lipinski definition) is 3. The van der Waals surface area contributed by atoms with E-state index in [2.05, 4.69) is 22.6 Å². The summed E-state index contributed by atoms with van der Waals surface area (Å²) in [7, 11) is 0. The van der Waals surface area contributed by atoms with E-state index in [-0.39, 0.29) is 0 Å². The zero-order valence-electron chi connectivity index (χ0n) is 12.7. The van der Waals surface area contributed by atoms with Gasteiger partial charge in [0.1, 0.15) is 0 Å². The quantitative estimate of drug-likeness (QED) is 0.923. The van der Waals surface area contributed by atoms with Crippen LogP contribution in [0.1, 0.15) is 56.7 Å². The summed E-state index contributed by atoms with van der Waals surface area (Å²) in [5.41, 5.74) is 6.96. The first-order chi connectivity index (χ1) is 9.78. The van der Waals surface area contributed by atoms with E-state index in [1.165, 1.54) is 50.9 Å². The lowest BCUT2D eigenvalue weighted by molar-refractivity contribution is 0.346.